The summed E-state index contributed by atoms with van der Waals surface area (Å²) in [6, 6.07) is 0.607. The summed E-state index contributed by atoms with van der Waals surface area (Å²) in [5.41, 5.74) is 0. The minimum Gasteiger partial charge on any atom is -0.469 e. The molecule has 4 heteroatoms. The van der Waals surface area contributed by atoms with Crippen molar-refractivity contribution < 1.29 is 14.6 Å². The van der Waals surface area contributed by atoms with E-state index < -0.39 is 0 Å². The largest absolute Gasteiger partial charge is 0.469 e. The van der Waals surface area contributed by atoms with Crippen molar-refractivity contribution in [3.63, 3.8) is 0 Å². The number of esters is 1. The number of methoxy groups -OCH3 is 1. The van der Waals surface area contributed by atoms with Crippen molar-refractivity contribution in [2.24, 2.45) is 5.92 Å². The van der Waals surface area contributed by atoms with Gasteiger partial charge in [0.15, 0.2) is 0 Å². The number of ether oxygens (including phenoxy) is 1. The van der Waals surface area contributed by atoms with Gasteiger partial charge in [0, 0.05) is 19.1 Å². The molecule has 0 aromatic rings. The Labute approximate surface area is 104 Å². The summed E-state index contributed by atoms with van der Waals surface area (Å²) >= 11 is 0. The molecule has 1 saturated carbocycles. The molecule has 0 aromatic carbocycles. The second-order valence-electron chi connectivity index (χ2n) is 4.86. The Morgan fingerprint density at radius 1 is 1.35 bits per heavy atom. The van der Waals surface area contributed by atoms with Crippen LogP contribution in [0.4, 0.5) is 0 Å². The zero-order valence-corrected chi connectivity index (χ0v) is 10.8. The SMILES string of the molecule is COC(=O)CC[C@H]1CC[C@H](NCCCO)CC1. The van der Waals surface area contributed by atoms with Gasteiger partial charge in [0.25, 0.3) is 0 Å². The molecule has 0 aromatic heterocycles. The first-order valence-corrected chi connectivity index (χ1v) is 6.67. The molecule has 17 heavy (non-hydrogen) atoms. The summed E-state index contributed by atoms with van der Waals surface area (Å²) in [7, 11) is 1.45. The summed E-state index contributed by atoms with van der Waals surface area (Å²) in [6.07, 6.45) is 7.15. The van der Waals surface area contributed by atoms with Crippen LogP contribution in [0.1, 0.15) is 44.9 Å². The molecule has 0 heterocycles. The van der Waals surface area contributed by atoms with Crippen molar-refractivity contribution in [2.45, 2.75) is 51.0 Å². The summed E-state index contributed by atoms with van der Waals surface area (Å²) in [5, 5.41) is 12.2. The van der Waals surface area contributed by atoms with Gasteiger partial charge in [-0.2, -0.15) is 0 Å². The molecule has 0 amide bonds. The fourth-order valence-electron chi connectivity index (χ4n) is 2.46. The van der Waals surface area contributed by atoms with Crippen molar-refractivity contribution >= 4 is 5.97 Å². The Balaban J connectivity index is 2.07. The number of carbonyl (C=O) groups excluding carboxylic acids is 1. The third kappa shape index (κ3) is 6.03. The van der Waals surface area contributed by atoms with Crippen LogP contribution in [0.25, 0.3) is 0 Å². The van der Waals surface area contributed by atoms with Crippen LogP contribution in [-0.2, 0) is 9.53 Å². The monoisotopic (exact) mass is 243 g/mol. The lowest BCUT2D eigenvalue weighted by Gasteiger charge is -2.29. The van der Waals surface area contributed by atoms with Gasteiger partial charge >= 0.3 is 5.97 Å². The van der Waals surface area contributed by atoms with Crippen molar-refractivity contribution in [1.29, 1.82) is 0 Å². The number of aliphatic hydroxyl groups excluding tert-OH is 1. The van der Waals surface area contributed by atoms with E-state index in [1.165, 1.54) is 32.8 Å². The van der Waals surface area contributed by atoms with Gasteiger partial charge in [-0.1, -0.05) is 0 Å². The van der Waals surface area contributed by atoms with E-state index in [0.717, 1.165) is 19.4 Å². The Bertz CT molecular complexity index is 213. The molecule has 2 N–H and O–H groups in total. The maximum atomic E-state index is 11.0. The molecule has 0 unspecified atom stereocenters. The minimum absolute atomic E-state index is 0.0896. The zero-order valence-electron chi connectivity index (χ0n) is 10.8. The number of carbonyl (C=O) groups is 1. The lowest BCUT2D eigenvalue weighted by atomic mass is 9.83. The summed E-state index contributed by atoms with van der Waals surface area (Å²) in [5.74, 6) is 0.596. The second-order valence-corrected chi connectivity index (χ2v) is 4.86. The Kier molecular flexibility index (Phi) is 7.21. The van der Waals surface area contributed by atoms with Crippen molar-refractivity contribution in [1.82, 2.24) is 5.32 Å². The molecule has 4 nitrogen and oxygen atoms in total. The highest BCUT2D eigenvalue weighted by molar-refractivity contribution is 5.69. The average molecular weight is 243 g/mol. The van der Waals surface area contributed by atoms with Gasteiger partial charge in [-0.3, -0.25) is 4.79 Å². The van der Waals surface area contributed by atoms with Gasteiger partial charge in [-0.15, -0.1) is 0 Å². The summed E-state index contributed by atoms with van der Waals surface area (Å²) in [6.45, 7) is 1.18. The van der Waals surface area contributed by atoms with E-state index in [4.69, 9.17) is 5.11 Å². The first-order chi connectivity index (χ1) is 8.26. The van der Waals surface area contributed by atoms with Gasteiger partial charge in [0.2, 0.25) is 0 Å². The molecule has 0 spiro atoms. The van der Waals surface area contributed by atoms with Crippen LogP contribution in [-0.4, -0.2) is 37.4 Å². The Morgan fingerprint density at radius 3 is 2.65 bits per heavy atom. The van der Waals surface area contributed by atoms with Crippen LogP contribution >= 0.6 is 0 Å². The number of rotatable bonds is 7. The molecule has 100 valence electrons. The average Bonchev–Trinajstić information content (AvgIpc) is 2.37. The van der Waals surface area contributed by atoms with E-state index in [1.54, 1.807) is 0 Å². The van der Waals surface area contributed by atoms with E-state index in [0.29, 0.717) is 18.4 Å². The molecule has 1 fully saturated rings. The first-order valence-electron chi connectivity index (χ1n) is 6.67. The van der Waals surface area contributed by atoms with E-state index in [2.05, 4.69) is 10.1 Å². The van der Waals surface area contributed by atoms with Crippen LogP contribution in [0, 0.1) is 5.92 Å². The molecule has 1 rings (SSSR count). The van der Waals surface area contributed by atoms with E-state index in [1.807, 2.05) is 0 Å². The standard InChI is InChI=1S/C13H25NO3/c1-17-13(16)8-5-11-3-6-12(7-4-11)14-9-2-10-15/h11-12,14-15H,2-10H2,1H3/t11-,12-. The lowest BCUT2D eigenvalue weighted by Crippen LogP contribution is -2.34. The van der Waals surface area contributed by atoms with Crippen LogP contribution in [0.3, 0.4) is 0 Å². The molecule has 0 saturated heterocycles. The van der Waals surface area contributed by atoms with Gasteiger partial charge in [0.1, 0.15) is 0 Å². The van der Waals surface area contributed by atoms with Crippen LogP contribution in [0.2, 0.25) is 0 Å². The van der Waals surface area contributed by atoms with Gasteiger partial charge in [-0.05, 0) is 51.0 Å². The van der Waals surface area contributed by atoms with Gasteiger partial charge < -0.3 is 15.2 Å². The maximum absolute atomic E-state index is 11.0. The van der Waals surface area contributed by atoms with Gasteiger partial charge in [-0.25, -0.2) is 0 Å². The zero-order chi connectivity index (χ0) is 12.5. The van der Waals surface area contributed by atoms with Crippen molar-refractivity contribution in [3.8, 4) is 0 Å². The molecule has 0 atom stereocenters. The fourth-order valence-corrected chi connectivity index (χ4v) is 2.46. The number of aliphatic hydroxyl groups is 1. The number of hydrogen-bond acceptors (Lipinski definition) is 4. The fraction of sp³-hybridized carbons (Fsp3) is 0.923. The van der Waals surface area contributed by atoms with Gasteiger partial charge in [0.05, 0.1) is 7.11 Å². The lowest BCUT2D eigenvalue weighted by molar-refractivity contribution is -0.141. The first kappa shape index (κ1) is 14.5. The number of hydrogen-bond donors (Lipinski definition) is 2. The summed E-state index contributed by atoms with van der Waals surface area (Å²) in [4.78, 5) is 11.0. The quantitative estimate of drug-likeness (QED) is 0.525. The van der Waals surface area contributed by atoms with E-state index in [-0.39, 0.29) is 12.6 Å². The van der Waals surface area contributed by atoms with E-state index in [9.17, 15) is 4.79 Å². The predicted octanol–water partition coefficient (Wildman–Crippen LogP) is 1.47. The third-order valence-corrected chi connectivity index (χ3v) is 3.60. The molecule has 1 aliphatic rings. The molecule has 0 bridgehead atoms. The molecular weight excluding hydrogens is 218 g/mol. The second kappa shape index (κ2) is 8.48. The Morgan fingerprint density at radius 2 is 2.06 bits per heavy atom. The molecule has 0 radical (unpaired) electrons. The molecule has 0 aliphatic heterocycles. The van der Waals surface area contributed by atoms with Crippen molar-refractivity contribution in [3.05, 3.63) is 0 Å². The highest BCUT2D eigenvalue weighted by atomic mass is 16.5. The molecule has 1 aliphatic carbocycles. The normalized spacial score (nSPS) is 24.6. The van der Waals surface area contributed by atoms with Crippen LogP contribution in [0.5, 0.6) is 0 Å². The highest BCUT2D eigenvalue weighted by Gasteiger charge is 2.21. The third-order valence-electron chi connectivity index (χ3n) is 3.60. The van der Waals surface area contributed by atoms with E-state index >= 15 is 0 Å². The minimum atomic E-state index is -0.0896. The Hall–Kier alpha value is -0.610. The summed E-state index contributed by atoms with van der Waals surface area (Å²) < 4.78 is 4.65. The van der Waals surface area contributed by atoms with Crippen LogP contribution < -0.4 is 5.32 Å². The topological polar surface area (TPSA) is 58.6 Å². The molecular formula is C13H25NO3. The van der Waals surface area contributed by atoms with Crippen LogP contribution in [0.15, 0.2) is 0 Å². The van der Waals surface area contributed by atoms with Crippen molar-refractivity contribution in [2.75, 3.05) is 20.3 Å². The predicted molar refractivity (Wildman–Crippen MR) is 66.7 cm³/mol. The smallest absolute Gasteiger partial charge is 0.305 e. The number of nitrogens with one attached hydrogen (secondary N) is 1. The maximum Gasteiger partial charge on any atom is 0.305 e. The highest BCUT2D eigenvalue weighted by Crippen LogP contribution is 2.27.